The summed E-state index contributed by atoms with van der Waals surface area (Å²) in [5.41, 5.74) is 7.65. The van der Waals surface area contributed by atoms with Crippen molar-refractivity contribution >= 4 is 5.69 Å². The number of ether oxygens (including phenoxy) is 1. The smallest absolute Gasteiger partial charge is 0.274 e. The number of para-hydroxylation sites is 2. The van der Waals surface area contributed by atoms with Crippen LogP contribution in [-0.2, 0) is 6.54 Å². The molecule has 3 rings (SSSR count). The van der Waals surface area contributed by atoms with Crippen LogP contribution in [0, 0.1) is 6.92 Å². The number of aromatic nitrogens is 1. The Morgan fingerprint density at radius 2 is 1.70 bits per heavy atom. The minimum Gasteiger partial charge on any atom is -0.457 e. The fourth-order valence-corrected chi connectivity index (χ4v) is 2.34. The molecule has 1 heterocycles. The highest BCUT2D eigenvalue weighted by Gasteiger charge is 2.08. The molecule has 23 heavy (non-hydrogen) atoms. The fraction of sp³-hybridized carbons (Fsp3) is 0.105. The molecular weight excluding hydrogens is 288 g/mol. The number of nitrogens with zero attached hydrogens (tertiary/aromatic N) is 1. The van der Waals surface area contributed by atoms with Gasteiger partial charge in [0.05, 0.1) is 6.54 Å². The van der Waals surface area contributed by atoms with Crippen molar-refractivity contribution in [3.8, 4) is 11.5 Å². The van der Waals surface area contributed by atoms with Crippen molar-refractivity contribution in [2.45, 2.75) is 13.5 Å². The zero-order valence-electron chi connectivity index (χ0n) is 12.9. The van der Waals surface area contributed by atoms with Crippen LogP contribution in [-0.4, -0.2) is 4.57 Å². The number of aryl methyl sites for hydroxylation is 1. The van der Waals surface area contributed by atoms with Gasteiger partial charge in [-0.2, -0.15) is 0 Å². The molecule has 0 saturated carbocycles. The van der Waals surface area contributed by atoms with Crippen LogP contribution in [0.15, 0.2) is 71.7 Å². The van der Waals surface area contributed by atoms with Gasteiger partial charge in [0.2, 0.25) is 0 Å². The number of nitrogen functional groups attached to an aromatic ring is 1. The molecule has 0 atom stereocenters. The first-order chi connectivity index (χ1) is 11.1. The van der Waals surface area contributed by atoms with E-state index in [9.17, 15) is 4.79 Å². The summed E-state index contributed by atoms with van der Waals surface area (Å²) < 4.78 is 7.52. The lowest BCUT2D eigenvalue weighted by molar-refractivity contribution is 0.473. The van der Waals surface area contributed by atoms with Gasteiger partial charge in [0, 0.05) is 11.8 Å². The summed E-state index contributed by atoms with van der Waals surface area (Å²) in [6, 6.07) is 19.1. The van der Waals surface area contributed by atoms with Gasteiger partial charge in [0.25, 0.3) is 5.56 Å². The van der Waals surface area contributed by atoms with Crippen LogP contribution in [0.5, 0.6) is 11.5 Å². The Bertz CT molecular complexity index is 870. The van der Waals surface area contributed by atoms with E-state index in [1.165, 1.54) is 0 Å². The third-order valence-corrected chi connectivity index (χ3v) is 3.70. The van der Waals surface area contributed by atoms with Crippen LogP contribution < -0.4 is 16.0 Å². The van der Waals surface area contributed by atoms with Gasteiger partial charge in [-0.3, -0.25) is 4.79 Å². The molecule has 0 aliphatic carbocycles. The second-order valence-corrected chi connectivity index (χ2v) is 5.37. The predicted octanol–water partition coefficient (Wildman–Crippen LogP) is 3.58. The molecule has 0 aliphatic rings. The van der Waals surface area contributed by atoms with E-state index in [1.54, 1.807) is 10.8 Å². The molecule has 4 nitrogen and oxygen atoms in total. The van der Waals surface area contributed by atoms with Crippen molar-refractivity contribution in [2.75, 3.05) is 5.73 Å². The Kier molecular flexibility index (Phi) is 4.15. The van der Waals surface area contributed by atoms with Crippen molar-refractivity contribution in [1.82, 2.24) is 4.57 Å². The maximum atomic E-state index is 12.3. The minimum atomic E-state index is -0.181. The quantitative estimate of drug-likeness (QED) is 0.801. The molecule has 4 heteroatoms. The van der Waals surface area contributed by atoms with E-state index in [2.05, 4.69) is 0 Å². The monoisotopic (exact) mass is 306 g/mol. The standard InChI is InChI=1S/C19H18N2O2/c1-14-11-12-21(19(22)18(14)20)13-15-7-5-6-10-17(15)23-16-8-3-2-4-9-16/h2-12H,13,20H2,1H3. The van der Waals surface area contributed by atoms with Crippen molar-refractivity contribution in [3.63, 3.8) is 0 Å². The summed E-state index contributed by atoms with van der Waals surface area (Å²) in [7, 11) is 0. The molecule has 0 radical (unpaired) electrons. The molecule has 0 spiro atoms. The zero-order chi connectivity index (χ0) is 16.2. The highest BCUT2D eigenvalue weighted by Crippen LogP contribution is 2.25. The number of nitrogens with two attached hydrogens (primary N) is 1. The third-order valence-electron chi connectivity index (χ3n) is 3.70. The van der Waals surface area contributed by atoms with Crippen LogP contribution in [0.25, 0.3) is 0 Å². The van der Waals surface area contributed by atoms with Crippen LogP contribution in [0.3, 0.4) is 0 Å². The largest absolute Gasteiger partial charge is 0.457 e. The van der Waals surface area contributed by atoms with E-state index in [0.29, 0.717) is 6.54 Å². The Morgan fingerprint density at radius 3 is 2.48 bits per heavy atom. The number of pyridine rings is 1. The number of rotatable bonds is 4. The van der Waals surface area contributed by atoms with Gasteiger partial charge in [-0.25, -0.2) is 0 Å². The van der Waals surface area contributed by atoms with Gasteiger partial charge in [-0.15, -0.1) is 0 Å². The molecule has 0 amide bonds. The highest BCUT2D eigenvalue weighted by atomic mass is 16.5. The van der Waals surface area contributed by atoms with Crippen LogP contribution in [0.1, 0.15) is 11.1 Å². The summed E-state index contributed by atoms with van der Waals surface area (Å²) in [5.74, 6) is 1.49. The lowest BCUT2D eigenvalue weighted by Crippen LogP contribution is -2.23. The van der Waals surface area contributed by atoms with Crippen molar-refractivity contribution in [3.05, 3.63) is 88.3 Å². The van der Waals surface area contributed by atoms with Crippen LogP contribution in [0.2, 0.25) is 0 Å². The summed E-state index contributed by atoms with van der Waals surface area (Å²) >= 11 is 0. The number of benzene rings is 2. The molecule has 0 aliphatic heterocycles. The average Bonchev–Trinajstić information content (AvgIpc) is 2.58. The lowest BCUT2D eigenvalue weighted by atomic mass is 10.2. The molecule has 0 unspecified atom stereocenters. The third kappa shape index (κ3) is 3.26. The maximum absolute atomic E-state index is 12.3. The first kappa shape index (κ1) is 14.9. The average molecular weight is 306 g/mol. The Balaban J connectivity index is 1.92. The number of hydrogen-bond acceptors (Lipinski definition) is 3. The van der Waals surface area contributed by atoms with Crippen LogP contribution in [0.4, 0.5) is 5.69 Å². The van der Waals surface area contributed by atoms with Gasteiger partial charge < -0.3 is 15.0 Å². The van der Waals surface area contributed by atoms with Gasteiger partial charge in [-0.05, 0) is 36.8 Å². The second-order valence-electron chi connectivity index (χ2n) is 5.37. The Hall–Kier alpha value is -3.01. The van der Waals surface area contributed by atoms with E-state index >= 15 is 0 Å². The molecule has 0 bridgehead atoms. The normalized spacial score (nSPS) is 10.5. The van der Waals surface area contributed by atoms with Crippen molar-refractivity contribution in [1.29, 1.82) is 0 Å². The summed E-state index contributed by atoms with van der Waals surface area (Å²) in [6.07, 6.45) is 1.76. The first-order valence-electron chi connectivity index (χ1n) is 7.41. The fourth-order valence-electron chi connectivity index (χ4n) is 2.34. The number of hydrogen-bond donors (Lipinski definition) is 1. The lowest BCUT2D eigenvalue weighted by Gasteiger charge is -2.13. The van der Waals surface area contributed by atoms with E-state index in [1.807, 2.05) is 67.6 Å². The van der Waals surface area contributed by atoms with E-state index < -0.39 is 0 Å². The summed E-state index contributed by atoms with van der Waals surface area (Å²) in [5, 5.41) is 0. The van der Waals surface area contributed by atoms with E-state index in [4.69, 9.17) is 10.5 Å². The molecule has 0 fully saturated rings. The molecule has 0 saturated heterocycles. The van der Waals surface area contributed by atoms with Crippen molar-refractivity contribution < 1.29 is 4.74 Å². The van der Waals surface area contributed by atoms with Gasteiger partial charge >= 0.3 is 0 Å². The van der Waals surface area contributed by atoms with E-state index in [0.717, 1.165) is 22.6 Å². The van der Waals surface area contributed by atoms with Crippen molar-refractivity contribution in [2.24, 2.45) is 0 Å². The summed E-state index contributed by atoms with van der Waals surface area (Å²) in [6.45, 7) is 2.24. The van der Waals surface area contributed by atoms with Gasteiger partial charge in [-0.1, -0.05) is 36.4 Å². The maximum Gasteiger partial charge on any atom is 0.274 e. The summed E-state index contributed by atoms with van der Waals surface area (Å²) in [4.78, 5) is 12.3. The molecule has 2 aromatic carbocycles. The highest BCUT2D eigenvalue weighted by molar-refractivity contribution is 5.44. The Morgan fingerprint density at radius 1 is 1.00 bits per heavy atom. The van der Waals surface area contributed by atoms with Gasteiger partial charge in [0.15, 0.2) is 0 Å². The van der Waals surface area contributed by atoms with E-state index in [-0.39, 0.29) is 11.2 Å². The minimum absolute atomic E-state index is 0.181. The predicted molar refractivity (Wildman–Crippen MR) is 91.9 cm³/mol. The molecular formula is C19H18N2O2. The first-order valence-corrected chi connectivity index (χ1v) is 7.41. The topological polar surface area (TPSA) is 57.2 Å². The zero-order valence-corrected chi connectivity index (χ0v) is 12.9. The molecule has 1 aromatic heterocycles. The second kappa shape index (κ2) is 6.40. The SMILES string of the molecule is Cc1ccn(Cc2ccccc2Oc2ccccc2)c(=O)c1N. The van der Waals surface area contributed by atoms with Gasteiger partial charge in [0.1, 0.15) is 17.2 Å². The number of anilines is 1. The molecule has 116 valence electrons. The molecule has 3 aromatic rings. The Labute approximate surface area is 134 Å². The molecule has 2 N–H and O–H groups in total. The van der Waals surface area contributed by atoms with Crippen LogP contribution >= 0.6 is 0 Å².